The van der Waals surface area contributed by atoms with Crippen LogP contribution in [0, 0.1) is 0 Å². The number of esters is 1. The second kappa shape index (κ2) is 6.68. The van der Waals surface area contributed by atoms with Crippen molar-refractivity contribution in [1.82, 2.24) is 10.2 Å². The molecule has 1 saturated heterocycles. The van der Waals surface area contributed by atoms with E-state index in [-0.39, 0.29) is 12.0 Å². The maximum Gasteiger partial charge on any atom is 0.327 e. The van der Waals surface area contributed by atoms with Crippen LogP contribution in [0.2, 0.25) is 0 Å². The van der Waals surface area contributed by atoms with Gasteiger partial charge in [-0.3, -0.25) is 5.32 Å². The molecule has 4 heteroatoms. The average molecular weight is 262 g/mol. The summed E-state index contributed by atoms with van der Waals surface area (Å²) in [5, 5.41) is 3.44. The van der Waals surface area contributed by atoms with Crippen molar-refractivity contribution in [2.24, 2.45) is 0 Å². The summed E-state index contributed by atoms with van der Waals surface area (Å²) in [5.41, 5.74) is 0.961. The van der Waals surface area contributed by atoms with E-state index in [0.29, 0.717) is 6.04 Å². The number of methoxy groups -OCH3 is 1. The molecule has 0 aliphatic carbocycles. The number of carbonyl (C=O) groups is 1. The van der Waals surface area contributed by atoms with Gasteiger partial charge in [0.15, 0.2) is 0 Å². The normalized spacial score (nSPS) is 21.9. The second-order valence-corrected chi connectivity index (χ2v) is 5.13. The Morgan fingerprint density at radius 2 is 2.16 bits per heavy atom. The summed E-state index contributed by atoms with van der Waals surface area (Å²) in [6.45, 7) is 2.10. The van der Waals surface area contributed by atoms with Crippen LogP contribution in [0.25, 0.3) is 0 Å². The van der Waals surface area contributed by atoms with Gasteiger partial charge in [-0.2, -0.15) is 0 Å². The molecular formula is C15H22N2O2. The molecule has 1 aliphatic heterocycles. The van der Waals surface area contributed by atoms with Gasteiger partial charge >= 0.3 is 5.97 Å². The fraction of sp³-hybridized carbons (Fsp3) is 0.533. The highest BCUT2D eigenvalue weighted by Gasteiger charge is 2.26. The van der Waals surface area contributed by atoms with Gasteiger partial charge in [-0.25, -0.2) is 4.79 Å². The van der Waals surface area contributed by atoms with Gasteiger partial charge in [0.05, 0.1) is 7.11 Å². The van der Waals surface area contributed by atoms with E-state index in [1.165, 1.54) is 7.11 Å². The average Bonchev–Trinajstić information content (AvgIpc) is 2.45. The Hall–Kier alpha value is -1.39. The summed E-state index contributed by atoms with van der Waals surface area (Å²) in [5.74, 6) is -0.223. The van der Waals surface area contributed by atoms with Crippen LogP contribution in [0.5, 0.6) is 0 Å². The number of nitrogens with zero attached hydrogens (tertiary/aromatic N) is 1. The molecule has 1 aliphatic rings. The van der Waals surface area contributed by atoms with E-state index in [4.69, 9.17) is 4.74 Å². The van der Waals surface area contributed by atoms with Crippen molar-refractivity contribution in [2.45, 2.75) is 24.9 Å². The highest BCUT2D eigenvalue weighted by atomic mass is 16.5. The molecule has 2 unspecified atom stereocenters. The molecule has 1 fully saturated rings. The van der Waals surface area contributed by atoms with E-state index in [1.807, 2.05) is 30.3 Å². The number of ether oxygens (including phenoxy) is 1. The molecule has 2 atom stereocenters. The van der Waals surface area contributed by atoms with E-state index >= 15 is 0 Å². The van der Waals surface area contributed by atoms with E-state index in [9.17, 15) is 4.79 Å². The molecule has 0 spiro atoms. The minimum Gasteiger partial charge on any atom is -0.468 e. The lowest BCUT2D eigenvalue weighted by Crippen LogP contribution is -2.47. The standard InChI is InChI=1S/C15H22N2O2/c1-17-10-6-9-13(11-17)16-14(15(18)19-2)12-7-4-3-5-8-12/h3-5,7-8,13-14,16H,6,9-11H2,1-2H3. The Kier molecular flexibility index (Phi) is 4.93. The number of piperidine rings is 1. The first-order chi connectivity index (χ1) is 9.20. The Morgan fingerprint density at radius 3 is 2.79 bits per heavy atom. The van der Waals surface area contributed by atoms with Crippen LogP contribution in [0.4, 0.5) is 0 Å². The van der Waals surface area contributed by atoms with Crippen LogP contribution in [0.1, 0.15) is 24.4 Å². The van der Waals surface area contributed by atoms with Gasteiger partial charge in [-0.05, 0) is 32.0 Å². The van der Waals surface area contributed by atoms with Crippen molar-refractivity contribution in [3.63, 3.8) is 0 Å². The summed E-state index contributed by atoms with van der Waals surface area (Å²) in [7, 11) is 3.55. The predicted octanol–water partition coefficient (Wildman–Crippen LogP) is 1.58. The molecule has 0 saturated carbocycles. The first-order valence-electron chi connectivity index (χ1n) is 6.78. The maximum atomic E-state index is 12.0. The van der Waals surface area contributed by atoms with Crippen molar-refractivity contribution >= 4 is 5.97 Å². The van der Waals surface area contributed by atoms with Crippen LogP contribution in [0.15, 0.2) is 30.3 Å². The third-order valence-corrected chi connectivity index (χ3v) is 3.60. The van der Waals surface area contributed by atoms with Gasteiger partial charge in [0.2, 0.25) is 0 Å². The summed E-state index contributed by atoms with van der Waals surface area (Å²) in [4.78, 5) is 14.3. The number of rotatable bonds is 4. The number of benzene rings is 1. The lowest BCUT2D eigenvalue weighted by atomic mass is 10.0. The quantitative estimate of drug-likeness (QED) is 0.837. The van der Waals surface area contributed by atoms with E-state index in [0.717, 1.165) is 31.5 Å². The SMILES string of the molecule is COC(=O)C(NC1CCCN(C)C1)c1ccccc1. The van der Waals surface area contributed by atoms with E-state index < -0.39 is 0 Å². The van der Waals surface area contributed by atoms with Gasteiger partial charge in [0.1, 0.15) is 6.04 Å². The highest BCUT2D eigenvalue weighted by Crippen LogP contribution is 2.18. The van der Waals surface area contributed by atoms with Gasteiger partial charge in [0.25, 0.3) is 0 Å². The van der Waals surface area contributed by atoms with Crippen molar-refractivity contribution in [3.8, 4) is 0 Å². The minimum atomic E-state index is -0.373. The fourth-order valence-electron chi connectivity index (χ4n) is 2.60. The summed E-state index contributed by atoms with van der Waals surface area (Å²) < 4.78 is 4.92. The summed E-state index contributed by atoms with van der Waals surface area (Å²) in [6, 6.07) is 9.72. The number of likely N-dealkylation sites (N-methyl/N-ethyl adjacent to an activating group) is 1. The third-order valence-electron chi connectivity index (χ3n) is 3.60. The molecular weight excluding hydrogens is 240 g/mol. The van der Waals surface area contributed by atoms with Gasteiger partial charge in [0, 0.05) is 12.6 Å². The summed E-state index contributed by atoms with van der Waals surface area (Å²) >= 11 is 0. The van der Waals surface area contributed by atoms with Crippen molar-refractivity contribution in [1.29, 1.82) is 0 Å². The number of carbonyl (C=O) groups excluding carboxylic acids is 1. The summed E-state index contributed by atoms with van der Waals surface area (Å²) in [6.07, 6.45) is 2.27. The Balaban J connectivity index is 2.08. The van der Waals surface area contributed by atoms with Crippen LogP contribution in [-0.4, -0.2) is 44.2 Å². The van der Waals surface area contributed by atoms with E-state index in [2.05, 4.69) is 17.3 Å². The zero-order valence-electron chi connectivity index (χ0n) is 11.6. The Morgan fingerprint density at radius 1 is 1.42 bits per heavy atom. The Labute approximate surface area is 114 Å². The van der Waals surface area contributed by atoms with Crippen molar-refractivity contribution in [3.05, 3.63) is 35.9 Å². The zero-order chi connectivity index (χ0) is 13.7. The molecule has 2 rings (SSSR count). The van der Waals surface area contributed by atoms with Crippen LogP contribution in [-0.2, 0) is 9.53 Å². The number of hydrogen-bond acceptors (Lipinski definition) is 4. The molecule has 19 heavy (non-hydrogen) atoms. The number of nitrogens with one attached hydrogen (secondary N) is 1. The minimum absolute atomic E-state index is 0.223. The zero-order valence-corrected chi connectivity index (χ0v) is 11.6. The smallest absolute Gasteiger partial charge is 0.327 e. The molecule has 0 radical (unpaired) electrons. The topological polar surface area (TPSA) is 41.6 Å². The van der Waals surface area contributed by atoms with Gasteiger partial charge in [-0.15, -0.1) is 0 Å². The molecule has 0 bridgehead atoms. The molecule has 1 aromatic carbocycles. The molecule has 1 N–H and O–H groups in total. The van der Waals surface area contributed by atoms with Crippen LogP contribution >= 0.6 is 0 Å². The third kappa shape index (κ3) is 3.78. The van der Waals surface area contributed by atoms with E-state index in [1.54, 1.807) is 0 Å². The lowest BCUT2D eigenvalue weighted by molar-refractivity contribution is -0.143. The maximum absolute atomic E-state index is 12.0. The van der Waals surface area contributed by atoms with Crippen LogP contribution < -0.4 is 5.32 Å². The van der Waals surface area contributed by atoms with Crippen LogP contribution in [0.3, 0.4) is 0 Å². The van der Waals surface area contributed by atoms with Gasteiger partial charge < -0.3 is 9.64 Å². The second-order valence-electron chi connectivity index (χ2n) is 5.13. The fourth-order valence-corrected chi connectivity index (χ4v) is 2.60. The molecule has 0 aromatic heterocycles. The number of hydrogen-bond donors (Lipinski definition) is 1. The Bertz CT molecular complexity index is 408. The first-order valence-corrected chi connectivity index (χ1v) is 6.78. The molecule has 0 amide bonds. The molecule has 104 valence electrons. The highest BCUT2D eigenvalue weighted by molar-refractivity contribution is 5.77. The monoisotopic (exact) mass is 262 g/mol. The van der Waals surface area contributed by atoms with Crippen molar-refractivity contribution < 1.29 is 9.53 Å². The largest absolute Gasteiger partial charge is 0.468 e. The van der Waals surface area contributed by atoms with Gasteiger partial charge in [-0.1, -0.05) is 30.3 Å². The predicted molar refractivity (Wildman–Crippen MR) is 74.9 cm³/mol. The first kappa shape index (κ1) is 14.0. The lowest BCUT2D eigenvalue weighted by Gasteiger charge is -2.32. The molecule has 1 aromatic rings. The molecule has 1 heterocycles. The number of likely N-dealkylation sites (tertiary alicyclic amines) is 1. The molecule has 4 nitrogen and oxygen atoms in total. The van der Waals surface area contributed by atoms with Crippen molar-refractivity contribution in [2.75, 3.05) is 27.2 Å².